The van der Waals surface area contributed by atoms with Gasteiger partial charge in [0, 0.05) is 10.8 Å². The molecule has 0 spiro atoms. The van der Waals surface area contributed by atoms with Crippen LogP contribution in [0, 0.1) is 13.8 Å². The molecule has 17 heavy (non-hydrogen) atoms. The number of aryl methyl sites for hydroxylation is 2. The van der Waals surface area contributed by atoms with Crippen molar-refractivity contribution in [2.45, 2.75) is 50.8 Å². The minimum atomic E-state index is 0.273. The summed E-state index contributed by atoms with van der Waals surface area (Å²) in [7, 11) is 0. The van der Waals surface area contributed by atoms with Crippen molar-refractivity contribution in [3.8, 4) is 0 Å². The minimum absolute atomic E-state index is 0.273. The highest BCUT2D eigenvalue weighted by Crippen LogP contribution is 2.40. The first kappa shape index (κ1) is 13.0. The normalized spacial score (nSPS) is 26.1. The zero-order valence-electron chi connectivity index (χ0n) is 11.1. The smallest absolute Gasteiger partial charge is 0.0286 e. The second-order valence-electron chi connectivity index (χ2n) is 5.45. The molecule has 0 aromatic heterocycles. The maximum Gasteiger partial charge on any atom is 0.0286 e. The van der Waals surface area contributed by atoms with Crippen LogP contribution in [0.3, 0.4) is 0 Å². The van der Waals surface area contributed by atoms with E-state index in [1.54, 1.807) is 0 Å². The Kier molecular flexibility index (Phi) is 3.84. The highest BCUT2D eigenvalue weighted by molar-refractivity contribution is 8.00. The van der Waals surface area contributed by atoms with Gasteiger partial charge in [-0.3, -0.25) is 0 Å². The summed E-state index contributed by atoms with van der Waals surface area (Å²) in [4.78, 5) is 0. The zero-order chi connectivity index (χ0) is 12.5. The number of hydrogen-bond acceptors (Lipinski definition) is 2. The summed E-state index contributed by atoms with van der Waals surface area (Å²) in [5.41, 5.74) is 10.7. The molecule has 0 saturated carbocycles. The van der Waals surface area contributed by atoms with Crippen molar-refractivity contribution in [1.29, 1.82) is 0 Å². The fraction of sp³-hybridized carbons (Fsp3) is 0.600. The van der Waals surface area contributed by atoms with E-state index in [0.29, 0.717) is 0 Å². The summed E-state index contributed by atoms with van der Waals surface area (Å²) >= 11 is 2.06. The Balaban J connectivity index is 2.15. The third-order valence-corrected chi connectivity index (χ3v) is 5.76. The predicted molar refractivity (Wildman–Crippen MR) is 77.7 cm³/mol. The van der Waals surface area contributed by atoms with Gasteiger partial charge < -0.3 is 5.73 Å². The molecule has 1 aliphatic heterocycles. The third-order valence-electron chi connectivity index (χ3n) is 4.10. The van der Waals surface area contributed by atoms with Crippen molar-refractivity contribution >= 4 is 11.8 Å². The lowest BCUT2D eigenvalue weighted by Gasteiger charge is -2.31. The van der Waals surface area contributed by atoms with Crippen LogP contribution in [0.15, 0.2) is 18.2 Å². The first-order chi connectivity index (χ1) is 8.03. The van der Waals surface area contributed by atoms with Gasteiger partial charge in [0.1, 0.15) is 0 Å². The molecule has 2 rings (SSSR count). The van der Waals surface area contributed by atoms with Crippen LogP contribution in [0.2, 0.25) is 0 Å². The second kappa shape index (κ2) is 5.03. The topological polar surface area (TPSA) is 26.0 Å². The van der Waals surface area contributed by atoms with Crippen LogP contribution in [0.1, 0.15) is 36.5 Å². The van der Waals surface area contributed by atoms with Gasteiger partial charge in [-0.05, 0) is 62.5 Å². The van der Waals surface area contributed by atoms with Crippen molar-refractivity contribution in [3.05, 3.63) is 34.9 Å². The van der Waals surface area contributed by atoms with Gasteiger partial charge in [0.25, 0.3) is 0 Å². The van der Waals surface area contributed by atoms with Crippen LogP contribution in [-0.4, -0.2) is 16.5 Å². The predicted octanol–water partition coefficient (Wildman–Crippen LogP) is 3.46. The molecule has 94 valence electrons. The Hall–Kier alpha value is -0.470. The van der Waals surface area contributed by atoms with Gasteiger partial charge in [0.05, 0.1) is 0 Å². The van der Waals surface area contributed by atoms with Crippen molar-refractivity contribution in [2.24, 2.45) is 5.73 Å². The highest BCUT2D eigenvalue weighted by atomic mass is 32.2. The van der Waals surface area contributed by atoms with Gasteiger partial charge in [-0.15, -0.1) is 0 Å². The third kappa shape index (κ3) is 2.69. The van der Waals surface area contributed by atoms with E-state index in [1.165, 1.54) is 35.3 Å². The number of benzene rings is 1. The van der Waals surface area contributed by atoms with Gasteiger partial charge >= 0.3 is 0 Å². The van der Waals surface area contributed by atoms with Gasteiger partial charge in [-0.2, -0.15) is 11.8 Å². The standard InChI is InChI=1S/C15H23NS/c1-11-6-4-7-12(2)13(11)10-14(16)15(3)8-5-9-17-15/h4,6-7,14H,5,8-10,16H2,1-3H3. The quantitative estimate of drug-likeness (QED) is 0.888. The molecule has 1 aromatic carbocycles. The molecule has 0 amide bonds. The Morgan fingerprint density at radius 1 is 1.35 bits per heavy atom. The lowest BCUT2D eigenvalue weighted by Crippen LogP contribution is -2.43. The van der Waals surface area contributed by atoms with Crippen LogP contribution in [0.4, 0.5) is 0 Å². The summed E-state index contributed by atoms with van der Waals surface area (Å²) in [6.45, 7) is 6.72. The van der Waals surface area contributed by atoms with Gasteiger partial charge in [-0.25, -0.2) is 0 Å². The Morgan fingerprint density at radius 3 is 2.53 bits per heavy atom. The summed E-state index contributed by atoms with van der Waals surface area (Å²) < 4.78 is 0.286. The second-order valence-corrected chi connectivity index (χ2v) is 7.08. The Bertz CT molecular complexity index is 374. The van der Waals surface area contributed by atoms with Gasteiger partial charge in [-0.1, -0.05) is 18.2 Å². The largest absolute Gasteiger partial charge is 0.326 e. The first-order valence-corrected chi connectivity index (χ1v) is 7.46. The summed E-state index contributed by atoms with van der Waals surface area (Å²) in [6, 6.07) is 6.79. The van der Waals surface area contributed by atoms with Gasteiger partial charge in [0.15, 0.2) is 0 Å². The fourth-order valence-electron chi connectivity index (χ4n) is 2.70. The van der Waals surface area contributed by atoms with Crippen LogP contribution in [0.25, 0.3) is 0 Å². The van der Waals surface area contributed by atoms with Crippen molar-refractivity contribution in [2.75, 3.05) is 5.75 Å². The fourth-order valence-corrected chi connectivity index (χ4v) is 4.04. The zero-order valence-corrected chi connectivity index (χ0v) is 11.9. The maximum atomic E-state index is 6.46. The van der Waals surface area contributed by atoms with Crippen LogP contribution >= 0.6 is 11.8 Å². The molecule has 2 N–H and O–H groups in total. The molecule has 1 nitrogen and oxygen atoms in total. The number of rotatable bonds is 3. The number of nitrogens with two attached hydrogens (primary N) is 1. The van der Waals surface area contributed by atoms with Crippen LogP contribution in [-0.2, 0) is 6.42 Å². The molecule has 1 fully saturated rings. The molecular formula is C15H23NS. The lowest BCUT2D eigenvalue weighted by molar-refractivity contribution is 0.481. The molecule has 2 heteroatoms. The van der Waals surface area contributed by atoms with E-state index in [1.807, 2.05) is 0 Å². The maximum absolute atomic E-state index is 6.46. The van der Waals surface area contributed by atoms with Crippen LogP contribution in [0.5, 0.6) is 0 Å². The molecule has 1 saturated heterocycles. The summed E-state index contributed by atoms with van der Waals surface area (Å²) in [5, 5.41) is 0. The molecule has 1 aliphatic rings. The SMILES string of the molecule is Cc1cccc(C)c1CC(N)C1(C)CCCS1. The average Bonchev–Trinajstić information content (AvgIpc) is 2.72. The van der Waals surface area contributed by atoms with Gasteiger partial charge in [0.2, 0.25) is 0 Å². The van der Waals surface area contributed by atoms with E-state index in [9.17, 15) is 0 Å². The monoisotopic (exact) mass is 249 g/mol. The van der Waals surface area contributed by atoms with E-state index in [2.05, 4.69) is 50.7 Å². The van der Waals surface area contributed by atoms with E-state index in [4.69, 9.17) is 5.73 Å². The molecule has 0 bridgehead atoms. The first-order valence-electron chi connectivity index (χ1n) is 6.47. The van der Waals surface area contributed by atoms with E-state index >= 15 is 0 Å². The summed E-state index contributed by atoms with van der Waals surface area (Å²) in [6.07, 6.45) is 3.60. The number of hydrogen-bond donors (Lipinski definition) is 1. The summed E-state index contributed by atoms with van der Waals surface area (Å²) in [5.74, 6) is 1.27. The molecule has 2 unspecified atom stereocenters. The molecule has 0 radical (unpaired) electrons. The minimum Gasteiger partial charge on any atom is -0.326 e. The van der Waals surface area contributed by atoms with Crippen molar-refractivity contribution in [1.82, 2.24) is 0 Å². The highest BCUT2D eigenvalue weighted by Gasteiger charge is 2.35. The Morgan fingerprint density at radius 2 is 2.00 bits per heavy atom. The van der Waals surface area contributed by atoms with E-state index in [-0.39, 0.29) is 10.8 Å². The Labute approximate surface area is 109 Å². The molecule has 1 aromatic rings. The number of thioether (sulfide) groups is 1. The van der Waals surface area contributed by atoms with E-state index in [0.717, 1.165) is 6.42 Å². The molecule has 0 aliphatic carbocycles. The van der Waals surface area contributed by atoms with Crippen LogP contribution < -0.4 is 5.73 Å². The van der Waals surface area contributed by atoms with Crippen molar-refractivity contribution < 1.29 is 0 Å². The average molecular weight is 249 g/mol. The molecule has 1 heterocycles. The molecule has 2 atom stereocenters. The van der Waals surface area contributed by atoms with E-state index < -0.39 is 0 Å². The van der Waals surface area contributed by atoms with Crippen molar-refractivity contribution in [3.63, 3.8) is 0 Å². The molecular weight excluding hydrogens is 226 g/mol. The lowest BCUT2D eigenvalue weighted by atomic mass is 9.88.